The van der Waals surface area contributed by atoms with E-state index < -0.39 is 6.04 Å². The van der Waals surface area contributed by atoms with E-state index in [-0.39, 0.29) is 23.8 Å². The summed E-state index contributed by atoms with van der Waals surface area (Å²) >= 11 is 0. The molecule has 0 bridgehead atoms. The predicted molar refractivity (Wildman–Crippen MR) is 112 cm³/mol. The average Bonchev–Trinajstić information content (AvgIpc) is 2.67. The molecule has 2 N–H and O–H groups in total. The van der Waals surface area contributed by atoms with E-state index in [9.17, 15) is 9.59 Å². The minimum atomic E-state index is -0.567. The van der Waals surface area contributed by atoms with Gasteiger partial charge in [-0.05, 0) is 70.0 Å². The highest BCUT2D eigenvalue weighted by molar-refractivity contribution is 5.97. The van der Waals surface area contributed by atoms with Crippen LogP contribution in [-0.4, -0.2) is 55.0 Å². The Morgan fingerprint density at radius 1 is 1.04 bits per heavy atom. The molecule has 2 atom stereocenters. The molecule has 0 aliphatic carbocycles. The first-order chi connectivity index (χ1) is 13.4. The summed E-state index contributed by atoms with van der Waals surface area (Å²) < 4.78 is 5.40. The van der Waals surface area contributed by atoms with Gasteiger partial charge in [-0.3, -0.25) is 9.59 Å². The summed E-state index contributed by atoms with van der Waals surface area (Å²) in [5.74, 6) is 0.344. The number of likely N-dealkylation sites (tertiary alicyclic amines) is 1. The summed E-state index contributed by atoms with van der Waals surface area (Å²) in [4.78, 5) is 27.8. The van der Waals surface area contributed by atoms with Crippen LogP contribution >= 0.6 is 0 Å². The minimum Gasteiger partial charge on any atom is -0.494 e. The van der Waals surface area contributed by atoms with Crippen molar-refractivity contribution in [2.75, 3.05) is 26.2 Å². The van der Waals surface area contributed by atoms with Crippen molar-refractivity contribution in [1.82, 2.24) is 15.5 Å². The highest BCUT2D eigenvalue weighted by Gasteiger charge is 2.26. The second kappa shape index (κ2) is 11.1. The molecular formula is C22H35N3O3. The van der Waals surface area contributed by atoms with Gasteiger partial charge >= 0.3 is 0 Å². The molecule has 6 nitrogen and oxygen atoms in total. The van der Waals surface area contributed by atoms with Gasteiger partial charge in [0.15, 0.2) is 0 Å². The molecular weight excluding hydrogens is 354 g/mol. The fraction of sp³-hybridized carbons (Fsp3) is 0.636. The van der Waals surface area contributed by atoms with Gasteiger partial charge in [-0.2, -0.15) is 0 Å². The Hall–Kier alpha value is -2.08. The molecule has 0 radical (unpaired) electrons. The molecule has 0 spiro atoms. The molecule has 1 aliphatic heterocycles. The lowest BCUT2D eigenvalue weighted by molar-refractivity contribution is -0.124. The zero-order chi connectivity index (χ0) is 20.5. The van der Waals surface area contributed by atoms with Crippen molar-refractivity contribution in [2.45, 2.75) is 59.0 Å². The largest absolute Gasteiger partial charge is 0.494 e. The number of amides is 2. The molecule has 1 fully saturated rings. The highest BCUT2D eigenvalue weighted by atomic mass is 16.5. The number of piperidine rings is 1. The Labute approximate surface area is 169 Å². The SMILES string of the molecule is CCOc1ccc(C(=O)NC(C(=O)NC(C)CN2CCCCC2)C(C)C)cc1. The van der Waals surface area contributed by atoms with Crippen LogP contribution in [0.1, 0.15) is 57.3 Å². The van der Waals surface area contributed by atoms with Gasteiger partial charge in [0.05, 0.1) is 6.61 Å². The first-order valence-corrected chi connectivity index (χ1v) is 10.5. The molecule has 2 rings (SSSR count). The van der Waals surface area contributed by atoms with Crippen LogP contribution in [0.5, 0.6) is 5.75 Å². The second-order valence-corrected chi connectivity index (χ2v) is 7.92. The lowest BCUT2D eigenvalue weighted by Crippen LogP contribution is -2.53. The van der Waals surface area contributed by atoms with Crippen molar-refractivity contribution in [3.63, 3.8) is 0 Å². The summed E-state index contributed by atoms with van der Waals surface area (Å²) in [5.41, 5.74) is 0.517. The number of ether oxygens (including phenoxy) is 1. The van der Waals surface area contributed by atoms with Crippen molar-refractivity contribution >= 4 is 11.8 Å². The summed E-state index contributed by atoms with van der Waals surface area (Å²) in [7, 11) is 0. The van der Waals surface area contributed by atoms with Crippen molar-refractivity contribution < 1.29 is 14.3 Å². The molecule has 6 heteroatoms. The molecule has 0 aromatic heterocycles. The van der Waals surface area contributed by atoms with Crippen LogP contribution in [0.3, 0.4) is 0 Å². The number of hydrogen-bond acceptors (Lipinski definition) is 4. The third kappa shape index (κ3) is 6.82. The maximum Gasteiger partial charge on any atom is 0.251 e. The molecule has 1 aromatic rings. The first kappa shape index (κ1) is 22.2. The first-order valence-electron chi connectivity index (χ1n) is 10.5. The van der Waals surface area contributed by atoms with Gasteiger partial charge in [0.25, 0.3) is 5.91 Å². The van der Waals surface area contributed by atoms with Gasteiger partial charge in [0.1, 0.15) is 11.8 Å². The van der Waals surface area contributed by atoms with E-state index in [1.807, 2.05) is 27.7 Å². The van der Waals surface area contributed by atoms with E-state index in [1.165, 1.54) is 19.3 Å². The third-order valence-corrected chi connectivity index (χ3v) is 5.03. The predicted octanol–water partition coefficient (Wildman–Crippen LogP) is 2.83. The molecule has 0 saturated carbocycles. The summed E-state index contributed by atoms with van der Waals surface area (Å²) in [6.45, 7) is 11.5. The maximum absolute atomic E-state index is 12.8. The molecule has 1 aliphatic rings. The molecule has 2 amide bonds. The second-order valence-electron chi connectivity index (χ2n) is 7.92. The van der Waals surface area contributed by atoms with Crippen LogP contribution < -0.4 is 15.4 Å². The summed E-state index contributed by atoms with van der Waals surface area (Å²) in [6.07, 6.45) is 3.76. The Bertz CT molecular complexity index is 624. The molecule has 2 unspecified atom stereocenters. The van der Waals surface area contributed by atoms with Crippen LogP contribution in [-0.2, 0) is 4.79 Å². The van der Waals surface area contributed by atoms with E-state index in [4.69, 9.17) is 4.74 Å². The topological polar surface area (TPSA) is 70.7 Å². The lowest BCUT2D eigenvalue weighted by Gasteiger charge is -2.30. The molecule has 1 saturated heterocycles. The van der Waals surface area contributed by atoms with Gasteiger partial charge in [0, 0.05) is 18.2 Å². The quantitative estimate of drug-likeness (QED) is 0.681. The minimum absolute atomic E-state index is 0.00571. The van der Waals surface area contributed by atoms with E-state index in [2.05, 4.69) is 15.5 Å². The van der Waals surface area contributed by atoms with Gasteiger partial charge < -0.3 is 20.3 Å². The van der Waals surface area contributed by atoms with Gasteiger partial charge in [-0.15, -0.1) is 0 Å². The van der Waals surface area contributed by atoms with Gasteiger partial charge in [-0.25, -0.2) is 0 Å². The van der Waals surface area contributed by atoms with Crippen LogP contribution in [0.4, 0.5) is 0 Å². The maximum atomic E-state index is 12.8. The fourth-order valence-corrected chi connectivity index (χ4v) is 3.54. The molecule has 28 heavy (non-hydrogen) atoms. The smallest absolute Gasteiger partial charge is 0.251 e. The van der Waals surface area contributed by atoms with Crippen LogP contribution in [0, 0.1) is 5.92 Å². The molecule has 156 valence electrons. The van der Waals surface area contributed by atoms with Crippen LogP contribution in [0.25, 0.3) is 0 Å². The number of carbonyl (C=O) groups is 2. The van der Waals surface area contributed by atoms with Crippen molar-refractivity contribution in [1.29, 1.82) is 0 Å². The zero-order valence-electron chi connectivity index (χ0n) is 17.7. The Morgan fingerprint density at radius 3 is 2.25 bits per heavy atom. The number of benzene rings is 1. The lowest BCUT2D eigenvalue weighted by atomic mass is 10.0. The summed E-state index contributed by atoms with van der Waals surface area (Å²) in [6, 6.07) is 6.45. The average molecular weight is 390 g/mol. The number of nitrogens with one attached hydrogen (secondary N) is 2. The number of carbonyl (C=O) groups excluding carboxylic acids is 2. The normalized spacial score (nSPS) is 17.0. The van der Waals surface area contributed by atoms with Crippen LogP contribution in [0.2, 0.25) is 0 Å². The van der Waals surface area contributed by atoms with Crippen molar-refractivity contribution in [3.8, 4) is 5.75 Å². The van der Waals surface area contributed by atoms with E-state index in [0.29, 0.717) is 12.2 Å². The summed E-state index contributed by atoms with van der Waals surface area (Å²) in [5, 5.41) is 5.96. The third-order valence-electron chi connectivity index (χ3n) is 5.03. The van der Waals surface area contributed by atoms with E-state index in [1.54, 1.807) is 24.3 Å². The monoisotopic (exact) mass is 389 g/mol. The molecule has 1 aromatic carbocycles. The van der Waals surface area contributed by atoms with E-state index in [0.717, 1.165) is 25.4 Å². The Morgan fingerprint density at radius 2 is 1.68 bits per heavy atom. The standard InChI is InChI=1S/C22H35N3O3/c1-5-28-19-11-9-18(10-12-19)21(26)24-20(16(2)3)22(27)23-17(4)15-25-13-7-6-8-14-25/h9-12,16-17,20H,5-8,13-15H2,1-4H3,(H,23,27)(H,24,26). The number of hydrogen-bond donors (Lipinski definition) is 2. The molecule has 1 heterocycles. The number of nitrogens with zero attached hydrogens (tertiary/aromatic N) is 1. The van der Waals surface area contributed by atoms with Gasteiger partial charge in [-0.1, -0.05) is 20.3 Å². The zero-order valence-corrected chi connectivity index (χ0v) is 17.7. The van der Waals surface area contributed by atoms with Crippen molar-refractivity contribution in [3.05, 3.63) is 29.8 Å². The van der Waals surface area contributed by atoms with Gasteiger partial charge in [0.2, 0.25) is 5.91 Å². The Kier molecular flexibility index (Phi) is 8.77. The van der Waals surface area contributed by atoms with Crippen molar-refractivity contribution in [2.24, 2.45) is 5.92 Å². The fourth-order valence-electron chi connectivity index (χ4n) is 3.54. The Balaban J connectivity index is 1.91. The highest BCUT2D eigenvalue weighted by Crippen LogP contribution is 2.13. The van der Waals surface area contributed by atoms with E-state index >= 15 is 0 Å². The van der Waals surface area contributed by atoms with Crippen LogP contribution in [0.15, 0.2) is 24.3 Å². The number of rotatable bonds is 9.